The Hall–Kier alpha value is -5.22. The number of carbonyl (C=O) groups is 2. The number of fused-ring (bicyclic) bond motifs is 2. The molecule has 198 valence electrons. The van der Waals surface area contributed by atoms with Gasteiger partial charge in [-0.15, -0.1) is 0 Å². The van der Waals surface area contributed by atoms with E-state index in [-0.39, 0.29) is 22.5 Å². The number of halogens is 1. The van der Waals surface area contributed by atoms with Crippen molar-refractivity contribution in [3.8, 4) is 11.3 Å². The zero-order valence-corrected chi connectivity index (χ0v) is 21.2. The fourth-order valence-electron chi connectivity index (χ4n) is 4.64. The molecule has 2 atom stereocenters. The first-order valence-electron chi connectivity index (χ1n) is 12.6. The average Bonchev–Trinajstić information content (AvgIpc) is 3.28. The van der Waals surface area contributed by atoms with E-state index in [0.717, 1.165) is 5.56 Å². The molecule has 40 heavy (non-hydrogen) atoms. The summed E-state index contributed by atoms with van der Waals surface area (Å²) in [5.41, 5.74) is 3.19. The van der Waals surface area contributed by atoms with Crippen LogP contribution in [0.25, 0.3) is 16.9 Å². The predicted molar refractivity (Wildman–Crippen MR) is 147 cm³/mol. The van der Waals surface area contributed by atoms with Crippen molar-refractivity contribution in [2.45, 2.75) is 19.2 Å². The maximum absolute atomic E-state index is 15.2. The molecule has 0 saturated carbocycles. The summed E-state index contributed by atoms with van der Waals surface area (Å²) >= 11 is 0. The van der Waals surface area contributed by atoms with Crippen LogP contribution < -0.4 is 10.6 Å². The van der Waals surface area contributed by atoms with Crippen molar-refractivity contribution in [3.05, 3.63) is 119 Å². The van der Waals surface area contributed by atoms with Crippen LogP contribution in [0.5, 0.6) is 0 Å². The van der Waals surface area contributed by atoms with E-state index >= 15 is 4.39 Å². The predicted octanol–water partition coefficient (Wildman–Crippen LogP) is 4.13. The maximum Gasteiger partial charge on any atom is 0.269 e. The summed E-state index contributed by atoms with van der Waals surface area (Å²) in [6, 6.07) is 22.5. The Morgan fingerprint density at radius 1 is 1.05 bits per heavy atom. The van der Waals surface area contributed by atoms with Gasteiger partial charge in [-0.2, -0.15) is 5.10 Å². The Morgan fingerprint density at radius 2 is 1.82 bits per heavy atom. The van der Waals surface area contributed by atoms with Crippen molar-refractivity contribution in [1.82, 2.24) is 19.9 Å². The number of benzodiazepines with no additional fused rings is 1. The number of aliphatic hydroxyl groups excluding tert-OH is 1. The van der Waals surface area contributed by atoms with Crippen LogP contribution in [0.15, 0.2) is 96.2 Å². The molecular weight excluding hydrogens is 511 g/mol. The Balaban J connectivity index is 1.44. The zero-order chi connectivity index (χ0) is 27.8. The van der Waals surface area contributed by atoms with Gasteiger partial charge in [-0.25, -0.2) is 18.9 Å². The second kappa shape index (κ2) is 10.2. The van der Waals surface area contributed by atoms with Gasteiger partial charge >= 0.3 is 0 Å². The van der Waals surface area contributed by atoms with E-state index in [2.05, 4.69) is 25.7 Å². The lowest BCUT2D eigenvalue weighted by Gasteiger charge is -2.14. The van der Waals surface area contributed by atoms with Crippen LogP contribution in [0.4, 0.5) is 10.1 Å². The number of nitrogens with one attached hydrogen (secondary N) is 2. The summed E-state index contributed by atoms with van der Waals surface area (Å²) in [5.74, 6) is -1.90. The van der Waals surface area contributed by atoms with Crippen molar-refractivity contribution in [2.75, 3.05) is 5.32 Å². The minimum Gasteiger partial charge on any atom is -0.389 e. The lowest BCUT2D eigenvalue weighted by atomic mass is 10.0. The van der Waals surface area contributed by atoms with Gasteiger partial charge in [-0.1, -0.05) is 54.6 Å². The normalized spacial score (nSPS) is 15.5. The van der Waals surface area contributed by atoms with Crippen molar-refractivity contribution in [2.24, 2.45) is 4.99 Å². The first-order valence-corrected chi connectivity index (χ1v) is 12.6. The molecule has 1 aliphatic rings. The van der Waals surface area contributed by atoms with E-state index in [0.29, 0.717) is 22.5 Å². The number of aliphatic hydroxyl groups is 1. The number of hydrogen-bond acceptors (Lipinski definition) is 6. The molecule has 1 unspecified atom stereocenters. The summed E-state index contributed by atoms with van der Waals surface area (Å²) in [5, 5.41) is 19.8. The number of carbonyl (C=O) groups excluding carboxylic acids is 2. The van der Waals surface area contributed by atoms with Crippen LogP contribution in [0, 0.1) is 5.82 Å². The molecular formula is C30H23FN6O3. The summed E-state index contributed by atoms with van der Waals surface area (Å²) in [6.07, 6.45) is 0.906. The highest BCUT2D eigenvalue weighted by Crippen LogP contribution is 2.30. The molecule has 0 saturated heterocycles. The number of anilines is 1. The van der Waals surface area contributed by atoms with Gasteiger partial charge in [0.1, 0.15) is 17.1 Å². The number of rotatable bonds is 5. The number of hydrogen-bond donors (Lipinski definition) is 3. The van der Waals surface area contributed by atoms with E-state index < -0.39 is 29.9 Å². The zero-order valence-electron chi connectivity index (χ0n) is 21.2. The van der Waals surface area contributed by atoms with Gasteiger partial charge in [0.05, 0.1) is 17.5 Å². The standard InChI is InChI=1S/C30H23FN6O3/c1-17(38)19-12-13-20(22(31)16-19)26-24(28-32-14-7-15-37(28)36-26)29(39)35-27-30(40)33-23-11-6-5-10-21(23)25(34-27)18-8-3-2-4-9-18/h2-17,27,38H,1H3,(H,33,40)(H,35,39)/t17?,27-/m1/s1. The van der Waals surface area contributed by atoms with E-state index in [4.69, 9.17) is 0 Å². The van der Waals surface area contributed by atoms with Crippen LogP contribution in [0.3, 0.4) is 0 Å². The van der Waals surface area contributed by atoms with Crippen LogP contribution in [-0.4, -0.2) is 43.4 Å². The van der Waals surface area contributed by atoms with Gasteiger partial charge in [-0.3, -0.25) is 9.59 Å². The third kappa shape index (κ3) is 4.50. The Labute approximate surface area is 228 Å². The molecule has 5 aromatic rings. The Kier molecular flexibility index (Phi) is 6.37. The van der Waals surface area contributed by atoms with E-state index in [9.17, 15) is 14.7 Å². The molecule has 0 fully saturated rings. The van der Waals surface area contributed by atoms with Crippen molar-refractivity contribution >= 4 is 28.9 Å². The molecule has 0 bridgehead atoms. The molecule has 0 radical (unpaired) electrons. The average molecular weight is 535 g/mol. The van der Waals surface area contributed by atoms with E-state index in [1.165, 1.54) is 29.8 Å². The summed E-state index contributed by atoms with van der Waals surface area (Å²) < 4.78 is 16.6. The SMILES string of the molecule is CC(O)c1ccc(-c2nn3cccnc3c2C(=O)N[C@H]2N=C(c3ccccc3)c3ccccc3NC2=O)c(F)c1. The second-order valence-electron chi connectivity index (χ2n) is 9.28. The summed E-state index contributed by atoms with van der Waals surface area (Å²) in [6.45, 7) is 1.53. The maximum atomic E-state index is 15.2. The van der Waals surface area contributed by atoms with Crippen LogP contribution in [-0.2, 0) is 4.79 Å². The fourth-order valence-corrected chi connectivity index (χ4v) is 4.64. The lowest BCUT2D eigenvalue weighted by molar-refractivity contribution is -0.117. The number of nitrogens with zero attached hydrogens (tertiary/aromatic N) is 4. The first-order chi connectivity index (χ1) is 19.4. The Morgan fingerprint density at radius 3 is 2.60 bits per heavy atom. The van der Waals surface area contributed by atoms with Gasteiger partial charge in [0.2, 0.25) is 6.17 Å². The van der Waals surface area contributed by atoms with Gasteiger partial charge in [0.25, 0.3) is 11.8 Å². The molecule has 2 aromatic heterocycles. The summed E-state index contributed by atoms with van der Waals surface area (Å²) in [4.78, 5) is 36.1. The lowest BCUT2D eigenvalue weighted by Crippen LogP contribution is -2.42. The quantitative estimate of drug-likeness (QED) is 0.313. The van der Waals surface area contributed by atoms with Crippen LogP contribution in [0.1, 0.15) is 40.1 Å². The fraction of sp³-hybridized carbons (Fsp3) is 0.100. The third-order valence-electron chi connectivity index (χ3n) is 6.61. The molecule has 0 spiro atoms. The van der Waals surface area contributed by atoms with Gasteiger partial charge in [0.15, 0.2) is 5.65 Å². The molecule has 3 N–H and O–H groups in total. The van der Waals surface area contributed by atoms with Gasteiger partial charge in [0, 0.05) is 29.1 Å². The highest BCUT2D eigenvalue weighted by atomic mass is 19.1. The van der Waals surface area contributed by atoms with E-state index in [1.54, 1.807) is 30.5 Å². The van der Waals surface area contributed by atoms with Crippen molar-refractivity contribution < 1.29 is 19.1 Å². The minimum atomic E-state index is -1.30. The molecule has 2 amide bonds. The third-order valence-corrected chi connectivity index (χ3v) is 6.61. The van der Waals surface area contributed by atoms with Crippen LogP contribution in [0.2, 0.25) is 0 Å². The van der Waals surface area contributed by atoms with Crippen LogP contribution >= 0.6 is 0 Å². The molecule has 1 aliphatic heterocycles. The van der Waals surface area contributed by atoms with Crippen molar-refractivity contribution in [1.29, 1.82) is 0 Å². The number of amides is 2. The minimum absolute atomic E-state index is 0.0182. The number of benzene rings is 3. The topological polar surface area (TPSA) is 121 Å². The van der Waals surface area contributed by atoms with Gasteiger partial charge in [-0.05, 0) is 36.8 Å². The smallest absolute Gasteiger partial charge is 0.269 e. The van der Waals surface area contributed by atoms with Crippen molar-refractivity contribution in [3.63, 3.8) is 0 Å². The molecule has 6 rings (SSSR count). The second-order valence-corrected chi connectivity index (χ2v) is 9.28. The Bertz CT molecular complexity index is 1800. The van der Waals surface area contributed by atoms with Gasteiger partial charge < -0.3 is 15.7 Å². The molecule has 10 heteroatoms. The highest BCUT2D eigenvalue weighted by Gasteiger charge is 2.31. The monoisotopic (exact) mass is 534 g/mol. The molecule has 3 heterocycles. The number of para-hydroxylation sites is 1. The highest BCUT2D eigenvalue weighted by molar-refractivity contribution is 6.20. The number of aliphatic imine (C=N–C) groups is 1. The molecule has 3 aromatic carbocycles. The molecule has 0 aliphatic carbocycles. The van der Waals surface area contributed by atoms with E-state index in [1.807, 2.05) is 42.5 Å². The summed E-state index contributed by atoms with van der Waals surface area (Å²) in [7, 11) is 0. The molecule has 9 nitrogen and oxygen atoms in total. The first kappa shape index (κ1) is 25.1. The number of aromatic nitrogens is 3. The largest absolute Gasteiger partial charge is 0.389 e.